The summed E-state index contributed by atoms with van der Waals surface area (Å²) in [4.78, 5) is 8.19. The Morgan fingerprint density at radius 1 is 1.41 bits per heavy atom. The standard InChI is InChI=1S/C11H17N3S.C2H6/c1-2-6-14-7-3-4-9-10(5-8-14)15-11(12)13-9;1-2/h2H,1,3-8H2,(H2,12,13);1-2H3. The van der Waals surface area contributed by atoms with E-state index < -0.39 is 0 Å². The molecule has 2 N–H and O–H groups in total. The molecule has 0 saturated heterocycles. The van der Waals surface area contributed by atoms with Crippen molar-refractivity contribution in [1.82, 2.24) is 9.88 Å². The predicted molar refractivity (Wildman–Crippen MR) is 76.5 cm³/mol. The smallest absolute Gasteiger partial charge is 0.180 e. The van der Waals surface area contributed by atoms with E-state index in [0.29, 0.717) is 0 Å². The van der Waals surface area contributed by atoms with Crippen LogP contribution in [0, 0.1) is 0 Å². The van der Waals surface area contributed by atoms with Crippen LogP contribution < -0.4 is 5.73 Å². The maximum Gasteiger partial charge on any atom is 0.180 e. The summed E-state index contributed by atoms with van der Waals surface area (Å²) in [6, 6.07) is 0. The van der Waals surface area contributed by atoms with Crippen molar-refractivity contribution in [2.24, 2.45) is 0 Å². The van der Waals surface area contributed by atoms with Gasteiger partial charge in [0.15, 0.2) is 5.13 Å². The van der Waals surface area contributed by atoms with Crippen LogP contribution >= 0.6 is 11.3 Å². The van der Waals surface area contributed by atoms with Gasteiger partial charge in [-0.3, -0.25) is 4.90 Å². The topological polar surface area (TPSA) is 42.2 Å². The number of nitrogen functional groups attached to an aromatic ring is 1. The molecule has 96 valence electrons. The minimum Gasteiger partial charge on any atom is -0.375 e. The van der Waals surface area contributed by atoms with Crippen molar-refractivity contribution in [3.63, 3.8) is 0 Å². The van der Waals surface area contributed by atoms with Crippen molar-refractivity contribution in [3.05, 3.63) is 23.2 Å². The maximum atomic E-state index is 5.73. The molecule has 4 heteroatoms. The Labute approximate surface area is 108 Å². The van der Waals surface area contributed by atoms with Gasteiger partial charge in [0.05, 0.1) is 5.69 Å². The van der Waals surface area contributed by atoms with Crippen molar-refractivity contribution >= 4 is 16.5 Å². The van der Waals surface area contributed by atoms with E-state index in [1.165, 1.54) is 17.0 Å². The monoisotopic (exact) mass is 253 g/mol. The number of aryl methyl sites for hydroxylation is 1. The van der Waals surface area contributed by atoms with Crippen molar-refractivity contribution < 1.29 is 0 Å². The molecule has 17 heavy (non-hydrogen) atoms. The van der Waals surface area contributed by atoms with Gasteiger partial charge in [0.2, 0.25) is 0 Å². The number of fused-ring (bicyclic) bond motifs is 1. The molecule has 0 spiro atoms. The van der Waals surface area contributed by atoms with E-state index in [-0.39, 0.29) is 0 Å². The fourth-order valence-electron chi connectivity index (χ4n) is 2.00. The molecule has 0 unspecified atom stereocenters. The molecule has 3 nitrogen and oxygen atoms in total. The molecule has 0 atom stereocenters. The van der Waals surface area contributed by atoms with Gasteiger partial charge in [0, 0.05) is 18.0 Å². The van der Waals surface area contributed by atoms with E-state index in [0.717, 1.165) is 37.6 Å². The number of hydrogen-bond acceptors (Lipinski definition) is 4. The van der Waals surface area contributed by atoms with E-state index in [2.05, 4.69) is 16.5 Å². The maximum absolute atomic E-state index is 5.73. The molecule has 0 aliphatic carbocycles. The zero-order valence-corrected chi connectivity index (χ0v) is 11.7. The minimum absolute atomic E-state index is 0.720. The summed E-state index contributed by atoms with van der Waals surface area (Å²) >= 11 is 1.65. The molecule has 0 fully saturated rings. The van der Waals surface area contributed by atoms with Crippen LogP contribution in [0.4, 0.5) is 5.13 Å². The van der Waals surface area contributed by atoms with Crippen LogP contribution in [0.15, 0.2) is 12.7 Å². The second kappa shape index (κ2) is 7.45. The summed E-state index contributed by atoms with van der Waals surface area (Å²) in [7, 11) is 0. The number of hydrogen-bond donors (Lipinski definition) is 1. The Morgan fingerprint density at radius 2 is 2.18 bits per heavy atom. The van der Waals surface area contributed by atoms with Gasteiger partial charge < -0.3 is 5.73 Å². The fraction of sp³-hybridized carbons (Fsp3) is 0.615. The number of thiazole rings is 1. The first-order chi connectivity index (χ1) is 8.29. The lowest BCUT2D eigenvalue weighted by molar-refractivity contribution is 0.297. The van der Waals surface area contributed by atoms with Gasteiger partial charge in [-0.25, -0.2) is 4.98 Å². The lowest BCUT2D eigenvalue weighted by Gasteiger charge is -2.22. The number of nitrogens with zero attached hydrogens (tertiary/aromatic N) is 2. The molecular weight excluding hydrogens is 230 g/mol. The molecule has 0 bridgehead atoms. The molecule has 1 aromatic rings. The first-order valence-electron chi connectivity index (χ1n) is 6.37. The Morgan fingerprint density at radius 3 is 2.88 bits per heavy atom. The van der Waals surface area contributed by atoms with Gasteiger partial charge in [-0.15, -0.1) is 17.9 Å². The van der Waals surface area contributed by atoms with Gasteiger partial charge in [-0.1, -0.05) is 19.9 Å². The third kappa shape index (κ3) is 4.13. The van der Waals surface area contributed by atoms with Crippen molar-refractivity contribution in [3.8, 4) is 0 Å². The van der Waals surface area contributed by atoms with E-state index in [1.54, 1.807) is 11.3 Å². The molecule has 1 aliphatic heterocycles. The Kier molecular flexibility index (Phi) is 6.22. The van der Waals surface area contributed by atoms with Gasteiger partial charge in [0.1, 0.15) is 0 Å². The van der Waals surface area contributed by atoms with Crippen LogP contribution in [0.2, 0.25) is 0 Å². The largest absolute Gasteiger partial charge is 0.375 e. The number of rotatable bonds is 2. The summed E-state index contributed by atoms with van der Waals surface area (Å²) in [5.74, 6) is 0. The number of anilines is 1. The Balaban J connectivity index is 0.000000686. The zero-order valence-electron chi connectivity index (χ0n) is 10.9. The van der Waals surface area contributed by atoms with E-state index in [9.17, 15) is 0 Å². The summed E-state index contributed by atoms with van der Waals surface area (Å²) in [5.41, 5.74) is 6.96. The first kappa shape index (κ1) is 14.2. The molecule has 2 heterocycles. The molecule has 0 radical (unpaired) electrons. The summed E-state index contributed by atoms with van der Waals surface area (Å²) < 4.78 is 0. The summed E-state index contributed by atoms with van der Waals surface area (Å²) in [6.45, 7) is 11.0. The third-order valence-corrected chi connectivity index (χ3v) is 3.71. The lowest BCUT2D eigenvalue weighted by Crippen LogP contribution is -2.29. The molecule has 1 aromatic heterocycles. The van der Waals surface area contributed by atoms with Crippen LogP contribution in [0.3, 0.4) is 0 Å². The van der Waals surface area contributed by atoms with E-state index in [1.807, 2.05) is 19.9 Å². The quantitative estimate of drug-likeness (QED) is 0.824. The lowest BCUT2D eigenvalue weighted by atomic mass is 10.1. The fourth-order valence-corrected chi connectivity index (χ4v) is 2.87. The highest BCUT2D eigenvalue weighted by atomic mass is 32.1. The summed E-state index contributed by atoms with van der Waals surface area (Å²) in [6.07, 6.45) is 5.29. The predicted octanol–water partition coefficient (Wildman–Crippen LogP) is 2.73. The molecule has 2 rings (SSSR count). The van der Waals surface area contributed by atoms with E-state index in [4.69, 9.17) is 5.73 Å². The highest BCUT2D eigenvalue weighted by molar-refractivity contribution is 7.15. The number of aromatic nitrogens is 1. The van der Waals surface area contributed by atoms with E-state index >= 15 is 0 Å². The Hall–Kier alpha value is -0.870. The number of nitrogens with two attached hydrogens (primary N) is 1. The highest BCUT2D eigenvalue weighted by Gasteiger charge is 2.14. The van der Waals surface area contributed by atoms with Crippen molar-refractivity contribution in [2.75, 3.05) is 25.4 Å². The van der Waals surface area contributed by atoms with Gasteiger partial charge in [-0.05, 0) is 25.8 Å². The van der Waals surface area contributed by atoms with Crippen LogP contribution in [0.1, 0.15) is 30.8 Å². The van der Waals surface area contributed by atoms with Crippen molar-refractivity contribution in [1.29, 1.82) is 0 Å². The Bertz CT molecular complexity index is 346. The molecule has 0 amide bonds. The van der Waals surface area contributed by atoms with Crippen LogP contribution in [-0.2, 0) is 12.8 Å². The average molecular weight is 253 g/mol. The molecule has 0 aromatic carbocycles. The minimum atomic E-state index is 0.720. The second-order valence-electron chi connectivity index (χ2n) is 3.86. The zero-order chi connectivity index (χ0) is 12.7. The first-order valence-corrected chi connectivity index (χ1v) is 7.18. The van der Waals surface area contributed by atoms with Gasteiger partial charge in [0.25, 0.3) is 0 Å². The van der Waals surface area contributed by atoms with Crippen molar-refractivity contribution in [2.45, 2.75) is 33.1 Å². The third-order valence-electron chi connectivity index (χ3n) is 2.73. The molecular formula is C13H23N3S. The average Bonchev–Trinajstić information content (AvgIpc) is 2.66. The normalized spacial score (nSPS) is 16.1. The van der Waals surface area contributed by atoms with Gasteiger partial charge >= 0.3 is 0 Å². The molecule has 0 saturated carbocycles. The van der Waals surface area contributed by atoms with Crippen LogP contribution in [0.5, 0.6) is 0 Å². The SMILES string of the molecule is C=CCN1CCCc2nc(N)sc2CC1.CC. The molecule has 1 aliphatic rings. The van der Waals surface area contributed by atoms with Crippen LogP contribution in [0.25, 0.3) is 0 Å². The summed E-state index contributed by atoms with van der Waals surface area (Å²) in [5, 5.41) is 0.720. The van der Waals surface area contributed by atoms with Gasteiger partial charge in [-0.2, -0.15) is 0 Å². The van der Waals surface area contributed by atoms with Crippen LogP contribution in [-0.4, -0.2) is 29.5 Å². The second-order valence-corrected chi connectivity index (χ2v) is 4.98. The highest BCUT2D eigenvalue weighted by Crippen LogP contribution is 2.24.